The van der Waals surface area contributed by atoms with Crippen molar-refractivity contribution in [3.8, 4) is 0 Å². The first kappa shape index (κ1) is 21.5. The molecule has 1 aromatic rings. The zero-order chi connectivity index (χ0) is 21.4. The minimum absolute atomic E-state index is 0.155. The number of hydrogen-bond acceptors (Lipinski definition) is 3. The Labute approximate surface area is 167 Å². The van der Waals surface area contributed by atoms with Crippen molar-refractivity contribution in [1.29, 1.82) is 0 Å². The second kappa shape index (κ2) is 7.55. The van der Waals surface area contributed by atoms with Gasteiger partial charge in [0.15, 0.2) is 5.60 Å². The van der Waals surface area contributed by atoms with E-state index in [2.05, 4.69) is 4.98 Å². The first-order valence-corrected chi connectivity index (χ1v) is 9.48. The van der Waals surface area contributed by atoms with Crippen molar-refractivity contribution in [2.24, 2.45) is 5.41 Å². The number of halogens is 4. The highest BCUT2D eigenvalue weighted by Gasteiger charge is 2.57. The van der Waals surface area contributed by atoms with Crippen LogP contribution < -0.4 is 4.90 Å². The van der Waals surface area contributed by atoms with E-state index in [1.165, 1.54) is 18.1 Å². The topological polar surface area (TPSA) is 48.5 Å². The molecule has 4 nitrogen and oxygen atoms in total. The van der Waals surface area contributed by atoms with Gasteiger partial charge >= 0.3 is 6.18 Å². The molecule has 1 atom stereocenters. The van der Waals surface area contributed by atoms with Crippen LogP contribution in [0.3, 0.4) is 0 Å². The van der Waals surface area contributed by atoms with Gasteiger partial charge in [0.2, 0.25) is 0 Å². The third kappa shape index (κ3) is 4.22. The number of H-pyrrole nitrogens is 1. The molecule has 0 saturated carbocycles. The highest BCUT2D eigenvalue weighted by atomic mass is 19.4. The SMILES string of the molecule is COC1=C(C(C)(C)CC(O)(CN2CC=Cc3cc[nH]c32)C(F)(F)F)C=C(F)CC1. The van der Waals surface area contributed by atoms with E-state index in [1.807, 2.05) is 6.08 Å². The Morgan fingerprint density at radius 3 is 2.62 bits per heavy atom. The molecule has 3 rings (SSSR count). The van der Waals surface area contributed by atoms with E-state index in [-0.39, 0.29) is 19.4 Å². The van der Waals surface area contributed by atoms with Crippen LogP contribution in [0, 0.1) is 5.41 Å². The maximum Gasteiger partial charge on any atom is 0.418 e. The molecule has 2 aliphatic rings. The number of hydrogen-bond donors (Lipinski definition) is 2. The summed E-state index contributed by atoms with van der Waals surface area (Å²) in [6, 6.07) is 1.76. The lowest BCUT2D eigenvalue weighted by Crippen LogP contribution is -2.56. The molecule has 1 aliphatic heterocycles. The number of aliphatic hydroxyl groups is 1. The summed E-state index contributed by atoms with van der Waals surface area (Å²) in [5, 5.41) is 10.9. The van der Waals surface area contributed by atoms with E-state index >= 15 is 0 Å². The normalized spacial score (nSPS) is 19.7. The Morgan fingerprint density at radius 1 is 1.24 bits per heavy atom. The molecule has 0 spiro atoms. The van der Waals surface area contributed by atoms with Gasteiger partial charge in [-0.1, -0.05) is 26.0 Å². The summed E-state index contributed by atoms with van der Waals surface area (Å²) in [6.07, 6.45) is 1.40. The number of aromatic amines is 1. The van der Waals surface area contributed by atoms with Gasteiger partial charge in [-0.2, -0.15) is 13.2 Å². The molecule has 0 fully saturated rings. The predicted molar refractivity (Wildman–Crippen MR) is 104 cm³/mol. The van der Waals surface area contributed by atoms with Crippen LogP contribution in [-0.4, -0.2) is 42.1 Å². The highest BCUT2D eigenvalue weighted by molar-refractivity contribution is 5.68. The number of aromatic nitrogens is 1. The highest BCUT2D eigenvalue weighted by Crippen LogP contribution is 2.47. The summed E-state index contributed by atoms with van der Waals surface area (Å²) in [4.78, 5) is 4.41. The monoisotopic (exact) mass is 414 g/mol. The summed E-state index contributed by atoms with van der Waals surface area (Å²) < 4.78 is 61.4. The second-order valence-corrected chi connectivity index (χ2v) is 8.29. The van der Waals surface area contributed by atoms with E-state index in [0.717, 1.165) is 5.56 Å². The molecule has 160 valence electrons. The minimum atomic E-state index is -4.87. The first-order valence-electron chi connectivity index (χ1n) is 9.48. The zero-order valence-corrected chi connectivity index (χ0v) is 16.7. The van der Waals surface area contributed by atoms with Crippen molar-refractivity contribution in [3.05, 3.63) is 47.1 Å². The summed E-state index contributed by atoms with van der Waals surface area (Å²) in [7, 11) is 1.42. The largest absolute Gasteiger partial charge is 0.501 e. The number of ether oxygens (including phenoxy) is 1. The van der Waals surface area contributed by atoms with Crippen molar-refractivity contribution < 1.29 is 27.4 Å². The molecule has 1 aliphatic carbocycles. The fourth-order valence-corrected chi connectivity index (χ4v) is 4.17. The van der Waals surface area contributed by atoms with Gasteiger partial charge in [0.05, 0.1) is 19.4 Å². The van der Waals surface area contributed by atoms with E-state index in [0.29, 0.717) is 17.2 Å². The summed E-state index contributed by atoms with van der Waals surface area (Å²) in [5.74, 6) is 0.587. The van der Waals surface area contributed by atoms with Crippen LogP contribution in [0.1, 0.15) is 38.7 Å². The minimum Gasteiger partial charge on any atom is -0.501 e. The van der Waals surface area contributed by atoms with Crippen LogP contribution in [0.4, 0.5) is 23.4 Å². The van der Waals surface area contributed by atoms with Gasteiger partial charge in [-0.3, -0.25) is 0 Å². The quantitative estimate of drug-likeness (QED) is 0.637. The fourth-order valence-electron chi connectivity index (χ4n) is 4.17. The molecular formula is C21H26F4N2O2. The average Bonchev–Trinajstić information content (AvgIpc) is 3.10. The average molecular weight is 414 g/mol. The number of nitrogens with zero attached hydrogens (tertiary/aromatic N) is 1. The van der Waals surface area contributed by atoms with E-state index in [9.17, 15) is 22.7 Å². The molecule has 1 aromatic heterocycles. The van der Waals surface area contributed by atoms with Gasteiger partial charge in [0.25, 0.3) is 0 Å². The first-order chi connectivity index (χ1) is 13.5. The molecule has 0 saturated heterocycles. The van der Waals surface area contributed by atoms with E-state index in [1.54, 1.807) is 32.2 Å². The van der Waals surface area contributed by atoms with Gasteiger partial charge in [0.1, 0.15) is 11.6 Å². The molecule has 0 amide bonds. The van der Waals surface area contributed by atoms with Gasteiger partial charge in [0, 0.05) is 31.1 Å². The maximum absolute atomic E-state index is 14.1. The molecule has 2 heterocycles. The second-order valence-electron chi connectivity index (χ2n) is 8.29. The van der Waals surface area contributed by atoms with Crippen LogP contribution in [0.25, 0.3) is 6.08 Å². The van der Waals surface area contributed by atoms with Crippen LogP contribution in [-0.2, 0) is 4.74 Å². The Balaban J connectivity index is 1.93. The van der Waals surface area contributed by atoms with Crippen LogP contribution >= 0.6 is 0 Å². The van der Waals surface area contributed by atoms with Crippen LogP contribution in [0.2, 0.25) is 0 Å². The maximum atomic E-state index is 14.1. The molecular weight excluding hydrogens is 388 g/mol. The third-order valence-corrected chi connectivity index (χ3v) is 5.58. The lowest BCUT2D eigenvalue weighted by Gasteiger charge is -2.42. The molecule has 8 heteroatoms. The lowest BCUT2D eigenvalue weighted by atomic mass is 9.72. The van der Waals surface area contributed by atoms with Gasteiger partial charge < -0.3 is 19.7 Å². The standard InChI is InChI=1S/C21H26F4N2O2/c1-19(2,16-11-15(22)6-7-17(16)29-3)12-20(28,21(23,24)25)13-27-10-4-5-14-8-9-26-18(14)27/h4-5,8-9,11,26,28H,6-7,10,12-13H2,1-3H3. The smallest absolute Gasteiger partial charge is 0.418 e. The molecule has 0 bridgehead atoms. The van der Waals surface area contributed by atoms with Crippen molar-refractivity contribution in [2.75, 3.05) is 25.1 Å². The van der Waals surface area contributed by atoms with E-state index < -0.39 is 36.0 Å². The van der Waals surface area contributed by atoms with Gasteiger partial charge in [-0.05, 0) is 29.6 Å². The number of anilines is 1. The molecule has 2 N–H and O–H groups in total. The third-order valence-electron chi connectivity index (χ3n) is 5.58. The number of β-amino-alcohol motifs (C(OH)–C–C–N with tert-alkyl or cyclic N) is 1. The number of alkyl halides is 3. The molecule has 0 aromatic carbocycles. The summed E-state index contributed by atoms with van der Waals surface area (Å²) in [5.41, 5.74) is -3.05. The Bertz CT molecular complexity index is 851. The van der Waals surface area contributed by atoms with E-state index in [4.69, 9.17) is 4.74 Å². The van der Waals surface area contributed by atoms with Crippen molar-refractivity contribution in [3.63, 3.8) is 0 Å². The van der Waals surface area contributed by atoms with Gasteiger partial charge in [-0.15, -0.1) is 0 Å². The Morgan fingerprint density at radius 2 is 1.97 bits per heavy atom. The van der Waals surface area contributed by atoms with Crippen molar-refractivity contribution in [2.45, 2.75) is 44.9 Å². The Hall–Kier alpha value is -2.22. The molecule has 1 unspecified atom stereocenters. The number of nitrogens with one attached hydrogen (secondary N) is 1. The fraction of sp³-hybridized carbons (Fsp3) is 0.524. The number of fused-ring (bicyclic) bond motifs is 1. The van der Waals surface area contributed by atoms with Crippen molar-refractivity contribution >= 4 is 11.9 Å². The van der Waals surface area contributed by atoms with Crippen LogP contribution in [0.15, 0.2) is 41.6 Å². The summed E-state index contributed by atoms with van der Waals surface area (Å²) >= 11 is 0. The molecule has 29 heavy (non-hydrogen) atoms. The predicted octanol–water partition coefficient (Wildman–Crippen LogP) is 5.11. The number of rotatable bonds is 6. The number of methoxy groups -OCH3 is 1. The van der Waals surface area contributed by atoms with Crippen LogP contribution in [0.5, 0.6) is 0 Å². The summed E-state index contributed by atoms with van der Waals surface area (Å²) in [6.45, 7) is 2.75. The van der Waals surface area contributed by atoms with Gasteiger partial charge in [-0.25, -0.2) is 4.39 Å². The zero-order valence-electron chi connectivity index (χ0n) is 16.7. The number of allylic oxidation sites excluding steroid dienone is 4. The molecule has 0 radical (unpaired) electrons. The van der Waals surface area contributed by atoms with Crippen molar-refractivity contribution in [1.82, 2.24) is 4.98 Å². The Kier molecular flexibility index (Phi) is 5.60. The lowest BCUT2D eigenvalue weighted by molar-refractivity contribution is -0.264.